The molecule has 70 heavy (non-hydrogen) atoms. The summed E-state index contributed by atoms with van der Waals surface area (Å²) in [5, 5.41) is 14.5. The lowest BCUT2D eigenvalue weighted by molar-refractivity contribution is -0.140. The summed E-state index contributed by atoms with van der Waals surface area (Å²) in [7, 11) is 0. The number of carbonyl (C=O) groups excluding carboxylic acids is 3. The Morgan fingerprint density at radius 2 is 1.69 bits per heavy atom. The van der Waals surface area contributed by atoms with Crippen molar-refractivity contribution in [1.82, 2.24) is 35.1 Å². The number of aryl methyl sites for hydroxylation is 1. The second kappa shape index (κ2) is 20.4. The number of pyridine rings is 2. The van der Waals surface area contributed by atoms with E-state index in [-0.39, 0.29) is 34.6 Å². The highest BCUT2D eigenvalue weighted by Crippen LogP contribution is 2.39. The molecular formula is C51H56F3N11O4S. The first-order chi connectivity index (χ1) is 33.4. The second-order valence-electron chi connectivity index (χ2n) is 18.5. The van der Waals surface area contributed by atoms with Crippen LogP contribution in [0.15, 0.2) is 104 Å². The van der Waals surface area contributed by atoms with Crippen LogP contribution in [0.5, 0.6) is 5.88 Å². The Hall–Kier alpha value is -7.15. The number of nitrogens with one attached hydrogen (secondary N) is 3. The lowest BCUT2D eigenvalue weighted by Gasteiger charge is -2.33. The molecule has 2 atom stereocenters. The minimum Gasteiger partial charge on any atom is -0.474 e. The maximum atomic E-state index is 14.0. The summed E-state index contributed by atoms with van der Waals surface area (Å²) < 4.78 is 48.8. The highest BCUT2D eigenvalue weighted by atomic mass is 32.1. The number of imidazole rings is 1. The van der Waals surface area contributed by atoms with Crippen LogP contribution < -0.4 is 30.1 Å². The van der Waals surface area contributed by atoms with Crippen LogP contribution in [0.1, 0.15) is 75.9 Å². The van der Waals surface area contributed by atoms with Gasteiger partial charge in [-0.2, -0.15) is 13.2 Å². The number of likely N-dealkylation sites (tertiary alicyclic amines) is 1. The van der Waals surface area contributed by atoms with Gasteiger partial charge in [-0.1, -0.05) is 32.0 Å². The van der Waals surface area contributed by atoms with Crippen LogP contribution in [0, 0.1) is 18.3 Å². The van der Waals surface area contributed by atoms with E-state index in [1.54, 1.807) is 60.6 Å². The van der Waals surface area contributed by atoms with Crippen LogP contribution in [0.4, 0.5) is 30.4 Å². The van der Waals surface area contributed by atoms with E-state index in [9.17, 15) is 27.6 Å². The number of amides is 3. The quantitative estimate of drug-likeness (QED) is 0.0691. The van der Waals surface area contributed by atoms with Gasteiger partial charge < -0.3 is 40.0 Å². The molecule has 3 aliphatic heterocycles. The lowest BCUT2D eigenvalue weighted by atomic mass is 10.0. The number of hydrogen-bond acceptors (Lipinski definition) is 11. The van der Waals surface area contributed by atoms with Gasteiger partial charge in [-0.3, -0.25) is 19.3 Å². The van der Waals surface area contributed by atoms with Gasteiger partial charge in [0.15, 0.2) is 5.11 Å². The number of thiocarbonyl (C=S) groups is 1. The summed E-state index contributed by atoms with van der Waals surface area (Å²) >= 11 is 5.68. The minimum atomic E-state index is -4.58. The fourth-order valence-corrected chi connectivity index (χ4v) is 9.64. The van der Waals surface area contributed by atoms with Crippen LogP contribution in [-0.4, -0.2) is 96.8 Å². The molecule has 366 valence electrons. The zero-order valence-corrected chi connectivity index (χ0v) is 40.4. The second-order valence-corrected chi connectivity index (χ2v) is 18.8. The summed E-state index contributed by atoms with van der Waals surface area (Å²) in [5.74, 6) is 1.11. The topological polar surface area (TPSA) is 165 Å². The van der Waals surface area contributed by atoms with Crippen LogP contribution in [0.2, 0.25) is 0 Å². The number of anilines is 3. The molecule has 1 unspecified atom stereocenters. The van der Waals surface area contributed by atoms with E-state index < -0.39 is 35.3 Å². The van der Waals surface area contributed by atoms with Crippen molar-refractivity contribution in [2.45, 2.75) is 96.7 Å². The molecule has 0 bridgehead atoms. The van der Waals surface area contributed by atoms with E-state index in [0.29, 0.717) is 68.1 Å². The molecule has 5 aromatic rings. The molecule has 15 nitrogen and oxygen atoms in total. The van der Waals surface area contributed by atoms with Gasteiger partial charge in [0, 0.05) is 92.9 Å². The maximum Gasteiger partial charge on any atom is 0.416 e. The van der Waals surface area contributed by atoms with Gasteiger partial charge in [0.1, 0.15) is 35.4 Å². The van der Waals surface area contributed by atoms with E-state index in [1.807, 2.05) is 67.9 Å². The first-order valence-corrected chi connectivity index (χ1v) is 23.7. The van der Waals surface area contributed by atoms with Crippen molar-refractivity contribution >= 4 is 64.0 Å². The molecule has 6 heterocycles. The van der Waals surface area contributed by atoms with Crippen LogP contribution in [0.3, 0.4) is 0 Å². The summed E-state index contributed by atoms with van der Waals surface area (Å²) in [5.41, 5.74) is 1.63. The number of rotatable bonds is 15. The van der Waals surface area contributed by atoms with Crippen molar-refractivity contribution in [2.75, 3.05) is 34.3 Å². The molecule has 0 saturated carbocycles. The van der Waals surface area contributed by atoms with Gasteiger partial charge in [-0.05, 0) is 106 Å². The van der Waals surface area contributed by atoms with Crippen molar-refractivity contribution in [3.8, 4) is 11.6 Å². The molecule has 3 fully saturated rings. The normalized spacial score (nSPS) is 18.1. The fraction of sp³-hybridized carbons (Fsp3) is 0.373. The molecule has 0 aliphatic carbocycles. The van der Waals surface area contributed by atoms with Gasteiger partial charge in [0.25, 0.3) is 5.91 Å². The SMILES string of the molecule is Cc1nccn1-c1ccc(CNC(=O)[C@@H]2CCCN2C(=O)C(N/C=C(\C=N)c2ccc(OC3CCN(c4ccc(N5C(=S)N(c6cccc(C(F)(F)F)c6)C(=O)C5(C)C)cn4)CC3)nc2)C(C)C)cc1. The molecule has 2 aromatic carbocycles. The Balaban J connectivity index is 0.825. The molecule has 0 spiro atoms. The Bertz CT molecular complexity index is 2750. The molecule has 8 rings (SSSR count). The predicted octanol–water partition coefficient (Wildman–Crippen LogP) is 7.87. The molecule has 0 radical (unpaired) electrons. The largest absolute Gasteiger partial charge is 0.474 e. The van der Waals surface area contributed by atoms with Crippen molar-refractivity contribution in [1.29, 1.82) is 5.41 Å². The highest BCUT2D eigenvalue weighted by Gasteiger charge is 2.51. The molecule has 3 aliphatic rings. The molecular weight excluding hydrogens is 920 g/mol. The number of carbonyl (C=O) groups is 3. The monoisotopic (exact) mass is 975 g/mol. The average Bonchev–Trinajstić information content (AvgIpc) is 4.06. The third kappa shape index (κ3) is 10.4. The Kier molecular flexibility index (Phi) is 14.4. The van der Waals surface area contributed by atoms with Gasteiger partial charge in [-0.15, -0.1) is 0 Å². The number of halogens is 3. The fourth-order valence-electron chi connectivity index (χ4n) is 9.12. The third-order valence-electron chi connectivity index (χ3n) is 13.1. The number of benzene rings is 2. The highest BCUT2D eigenvalue weighted by molar-refractivity contribution is 7.81. The van der Waals surface area contributed by atoms with Gasteiger partial charge >= 0.3 is 6.18 Å². The van der Waals surface area contributed by atoms with Gasteiger partial charge in [-0.25, -0.2) is 15.0 Å². The Morgan fingerprint density at radius 1 is 0.943 bits per heavy atom. The van der Waals surface area contributed by atoms with Crippen molar-refractivity contribution in [3.05, 3.63) is 126 Å². The van der Waals surface area contributed by atoms with Crippen LogP contribution in [-0.2, 0) is 27.1 Å². The van der Waals surface area contributed by atoms with Crippen molar-refractivity contribution in [2.24, 2.45) is 5.92 Å². The maximum absolute atomic E-state index is 14.0. The van der Waals surface area contributed by atoms with E-state index in [4.69, 9.17) is 22.4 Å². The Labute approximate surface area is 410 Å². The minimum absolute atomic E-state index is 0.0418. The van der Waals surface area contributed by atoms with Crippen molar-refractivity contribution in [3.63, 3.8) is 0 Å². The number of hydrogen-bond donors (Lipinski definition) is 3. The molecule has 3 aromatic heterocycles. The van der Waals surface area contributed by atoms with Crippen LogP contribution in [0.25, 0.3) is 11.3 Å². The molecule has 3 saturated heterocycles. The number of piperidine rings is 1. The number of alkyl halides is 3. The van der Waals surface area contributed by atoms with Gasteiger partial charge in [0.2, 0.25) is 17.7 Å². The molecule has 19 heteroatoms. The van der Waals surface area contributed by atoms with E-state index in [2.05, 4.69) is 30.5 Å². The average molecular weight is 976 g/mol. The first-order valence-electron chi connectivity index (χ1n) is 23.3. The van der Waals surface area contributed by atoms with Crippen LogP contribution >= 0.6 is 12.2 Å². The first kappa shape index (κ1) is 49.3. The number of allylic oxidation sites excluding steroid dienone is 1. The molecule has 3 amide bonds. The lowest BCUT2D eigenvalue weighted by Crippen LogP contribution is -2.53. The van der Waals surface area contributed by atoms with E-state index in [1.165, 1.54) is 18.3 Å². The van der Waals surface area contributed by atoms with Gasteiger partial charge in [0.05, 0.1) is 23.1 Å². The number of ether oxygens (including phenoxy) is 1. The van der Waals surface area contributed by atoms with E-state index in [0.717, 1.165) is 46.3 Å². The summed E-state index contributed by atoms with van der Waals surface area (Å²) in [6, 6.07) is 18.5. The predicted molar refractivity (Wildman–Crippen MR) is 266 cm³/mol. The zero-order valence-electron chi connectivity index (χ0n) is 39.6. The summed E-state index contributed by atoms with van der Waals surface area (Å²) in [4.78, 5) is 61.1. The number of aromatic nitrogens is 4. The third-order valence-corrected chi connectivity index (χ3v) is 13.4. The smallest absolute Gasteiger partial charge is 0.416 e. The zero-order chi connectivity index (χ0) is 49.9. The Morgan fingerprint density at radius 3 is 2.31 bits per heavy atom. The summed E-state index contributed by atoms with van der Waals surface area (Å²) in [6.07, 6.45) is 7.75. The number of nitrogens with zero attached hydrogens (tertiary/aromatic N) is 8. The van der Waals surface area contributed by atoms with Crippen molar-refractivity contribution < 1.29 is 32.3 Å². The standard InChI is InChI=1S/C51H56F3N11O4S/c1-32(2)45(47(67)63-22-7-10-42(63)46(66)60-28-34-11-14-38(15-12-34)62-25-21-56-33(62)3)59-30-36(27-55)35-13-18-44(58-29-35)69-41-19-23-61(24-20-41)43-17-16-40(31-57-43)65-49(70)64(48(68)50(65,4)5)39-9-6-8-37(26-39)51(52,53)54/h6,8-9,11-18,21,25-27,29-32,41-42,45,55,59H,7,10,19-20,22-24,28H2,1-5H3,(H,60,66)/b36-30+,55-27?/t42-,45?/m0/s1. The summed E-state index contributed by atoms with van der Waals surface area (Å²) in [6.45, 7) is 11.3. The van der Waals surface area contributed by atoms with E-state index >= 15 is 0 Å². The molecule has 3 N–H and O–H groups in total.